The summed E-state index contributed by atoms with van der Waals surface area (Å²) in [5.41, 5.74) is 10.4. The van der Waals surface area contributed by atoms with E-state index >= 15 is 0 Å². The number of aromatic nitrogens is 2. The number of methoxy groups -OCH3 is 1. The van der Waals surface area contributed by atoms with Crippen molar-refractivity contribution >= 4 is 28.1 Å². The third-order valence-electron chi connectivity index (χ3n) is 4.03. The normalized spacial score (nSPS) is 14.8. The second kappa shape index (κ2) is 4.49. The van der Waals surface area contributed by atoms with Crippen molar-refractivity contribution < 1.29 is 4.74 Å². The monoisotopic (exact) mass is 299 g/mol. The van der Waals surface area contributed by atoms with Gasteiger partial charge in [0.1, 0.15) is 5.75 Å². The highest BCUT2D eigenvalue weighted by Gasteiger charge is 2.30. The zero-order valence-electron chi connectivity index (χ0n) is 12.1. The Labute approximate surface area is 127 Å². The number of nitrogens with two attached hydrogens (primary N) is 1. The van der Waals surface area contributed by atoms with Gasteiger partial charge in [0.25, 0.3) is 0 Å². The molecule has 2 aromatic heterocycles. The van der Waals surface area contributed by atoms with Crippen LogP contribution in [0.15, 0.2) is 23.6 Å². The number of imidazole rings is 1. The number of nitrogens with zero attached hydrogens (tertiary/aromatic N) is 2. The minimum absolute atomic E-state index is 0.556. The summed E-state index contributed by atoms with van der Waals surface area (Å²) in [5.74, 6) is 1.83. The van der Waals surface area contributed by atoms with Gasteiger partial charge in [-0.15, -0.1) is 11.3 Å². The van der Waals surface area contributed by atoms with E-state index < -0.39 is 0 Å². The van der Waals surface area contributed by atoms with E-state index in [-0.39, 0.29) is 0 Å². The highest BCUT2D eigenvalue weighted by Crippen LogP contribution is 2.44. The Hall–Kier alpha value is -2.01. The van der Waals surface area contributed by atoms with Crippen LogP contribution >= 0.6 is 11.3 Å². The van der Waals surface area contributed by atoms with Gasteiger partial charge in [-0.2, -0.15) is 0 Å². The molecule has 0 amide bonds. The summed E-state index contributed by atoms with van der Waals surface area (Å²) in [5, 5.41) is 2.10. The molecule has 4 nitrogen and oxygen atoms in total. The standard InChI is InChI=1S/C16H17N3OS/c1-9-8-21-15(14(9)17)16-18-12-7-11(20-2)5-6-13(12)19(16)10-3-4-10/h5-8,10H,3-4,17H2,1-2H3. The first-order valence-corrected chi connectivity index (χ1v) is 7.97. The predicted molar refractivity (Wildman–Crippen MR) is 87.0 cm³/mol. The number of fused-ring (bicyclic) bond motifs is 1. The van der Waals surface area contributed by atoms with Gasteiger partial charge in [0.05, 0.1) is 28.7 Å². The molecule has 21 heavy (non-hydrogen) atoms. The van der Waals surface area contributed by atoms with Crippen LogP contribution in [0.25, 0.3) is 21.7 Å². The lowest BCUT2D eigenvalue weighted by molar-refractivity contribution is 0.415. The van der Waals surface area contributed by atoms with Crippen molar-refractivity contribution in [2.24, 2.45) is 0 Å². The van der Waals surface area contributed by atoms with Gasteiger partial charge in [-0.3, -0.25) is 0 Å². The molecule has 0 atom stereocenters. The average molecular weight is 299 g/mol. The summed E-state index contributed by atoms with van der Waals surface area (Å²) in [6, 6.07) is 6.64. The van der Waals surface area contributed by atoms with E-state index in [4.69, 9.17) is 15.5 Å². The molecule has 0 unspecified atom stereocenters. The summed E-state index contributed by atoms with van der Waals surface area (Å²) >= 11 is 1.67. The van der Waals surface area contributed by atoms with Crippen LogP contribution in [0.1, 0.15) is 24.4 Å². The molecule has 1 saturated carbocycles. The quantitative estimate of drug-likeness (QED) is 0.795. The van der Waals surface area contributed by atoms with Crippen molar-refractivity contribution in [3.63, 3.8) is 0 Å². The van der Waals surface area contributed by atoms with Crippen LogP contribution in [0.4, 0.5) is 5.69 Å². The number of nitrogen functional groups attached to an aromatic ring is 1. The summed E-state index contributed by atoms with van der Waals surface area (Å²) in [7, 11) is 1.68. The Balaban J connectivity index is 1.99. The second-order valence-electron chi connectivity index (χ2n) is 5.55. The molecule has 1 aliphatic rings. The fourth-order valence-corrected chi connectivity index (χ4v) is 3.65. The van der Waals surface area contributed by atoms with E-state index in [0.29, 0.717) is 6.04 Å². The largest absolute Gasteiger partial charge is 0.497 e. The van der Waals surface area contributed by atoms with Gasteiger partial charge in [0.2, 0.25) is 0 Å². The summed E-state index contributed by atoms with van der Waals surface area (Å²) in [6.45, 7) is 2.04. The van der Waals surface area contributed by atoms with Gasteiger partial charge in [0.15, 0.2) is 5.82 Å². The van der Waals surface area contributed by atoms with Crippen molar-refractivity contribution in [2.45, 2.75) is 25.8 Å². The number of hydrogen-bond donors (Lipinski definition) is 1. The number of aryl methyl sites for hydroxylation is 1. The molecule has 2 N–H and O–H groups in total. The predicted octanol–water partition coefficient (Wildman–Crippen LogP) is 4.00. The van der Waals surface area contributed by atoms with Gasteiger partial charge >= 0.3 is 0 Å². The number of benzene rings is 1. The SMILES string of the molecule is COc1ccc2c(c1)nc(-c1scc(C)c1N)n2C1CC1. The van der Waals surface area contributed by atoms with Crippen molar-refractivity contribution in [1.82, 2.24) is 9.55 Å². The van der Waals surface area contributed by atoms with E-state index in [0.717, 1.165) is 33.2 Å². The summed E-state index contributed by atoms with van der Waals surface area (Å²) in [4.78, 5) is 5.92. The number of ether oxygens (including phenoxy) is 1. The van der Waals surface area contributed by atoms with Crippen LogP contribution < -0.4 is 10.5 Å². The van der Waals surface area contributed by atoms with E-state index in [2.05, 4.69) is 16.0 Å². The lowest BCUT2D eigenvalue weighted by Gasteiger charge is -2.07. The van der Waals surface area contributed by atoms with Gasteiger partial charge in [-0.1, -0.05) is 0 Å². The second-order valence-corrected chi connectivity index (χ2v) is 6.43. The van der Waals surface area contributed by atoms with Crippen LogP contribution in [0.3, 0.4) is 0 Å². The van der Waals surface area contributed by atoms with Crippen molar-refractivity contribution in [3.05, 3.63) is 29.1 Å². The third-order valence-corrected chi connectivity index (χ3v) is 5.14. The average Bonchev–Trinajstić information content (AvgIpc) is 3.19. The van der Waals surface area contributed by atoms with E-state index in [1.807, 2.05) is 19.1 Å². The Kier molecular flexibility index (Phi) is 2.72. The zero-order valence-corrected chi connectivity index (χ0v) is 12.9. The molecule has 1 aromatic carbocycles. The minimum atomic E-state index is 0.556. The maximum absolute atomic E-state index is 6.23. The number of hydrogen-bond acceptors (Lipinski definition) is 4. The molecule has 5 heteroatoms. The van der Waals surface area contributed by atoms with Gasteiger partial charge < -0.3 is 15.0 Å². The third kappa shape index (κ3) is 1.92. The maximum Gasteiger partial charge on any atom is 0.153 e. The Bertz CT molecular complexity index is 830. The topological polar surface area (TPSA) is 53.1 Å². The van der Waals surface area contributed by atoms with Crippen molar-refractivity contribution in [1.29, 1.82) is 0 Å². The molecule has 0 aliphatic heterocycles. The van der Waals surface area contributed by atoms with E-state index in [9.17, 15) is 0 Å². The van der Waals surface area contributed by atoms with Crippen LogP contribution in [0.5, 0.6) is 5.75 Å². The number of anilines is 1. The van der Waals surface area contributed by atoms with Gasteiger partial charge in [0, 0.05) is 12.1 Å². The van der Waals surface area contributed by atoms with Crippen molar-refractivity contribution in [2.75, 3.05) is 12.8 Å². The van der Waals surface area contributed by atoms with Crippen LogP contribution in [-0.4, -0.2) is 16.7 Å². The fourth-order valence-electron chi connectivity index (χ4n) is 2.69. The summed E-state index contributed by atoms with van der Waals surface area (Å²) < 4.78 is 7.65. The van der Waals surface area contributed by atoms with Gasteiger partial charge in [-0.05, 0) is 42.8 Å². The zero-order chi connectivity index (χ0) is 14.6. The number of thiophene rings is 1. The van der Waals surface area contributed by atoms with Crippen LogP contribution in [-0.2, 0) is 0 Å². The molecule has 4 rings (SSSR count). The highest BCUT2D eigenvalue weighted by atomic mass is 32.1. The fraction of sp³-hybridized carbons (Fsp3) is 0.312. The van der Waals surface area contributed by atoms with Crippen LogP contribution in [0.2, 0.25) is 0 Å². The molecule has 0 saturated heterocycles. The molecule has 108 valence electrons. The summed E-state index contributed by atoms with van der Waals surface area (Å²) in [6.07, 6.45) is 2.43. The Morgan fingerprint density at radius 1 is 1.38 bits per heavy atom. The Morgan fingerprint density at radius 2 is 2.19 bits per heavy atom. The number of rotatable bonds is 3. The lowest BCUT2D eigenvalue weighted by Crippen LogP contribution is -1.98. The maximum atomic E-state index is 6.23. The molecule has 0 spiro atoms. The molecule has 1 fully saturated rings. The molecule has 0 radical (unpaired) electrons. The Morgan fingerprint density at radius 3 is 2.81 bits per heavy atom. The molecule has 0 bridgehead atoms. The smallest absolute Gasteiger partial charge is 0.153 e. The first-order chi connectivity index (χ1) is 10.2. The minimum Gasteiger partial charge on any atom is -0.497 e. The first-order valence-electron chi connectivity index (χ1n) is 7.09. The first kappa shape index (κ1) is 12.7. The van der Waals surface area contributed by atoms with Gasteiger partial charge in [-0.25, -0.2) is 4.98 Å². The van der Waals surface area contributed by atoms with Crippen LogP contribution in [0, 0.1) is 6.92 Å². The lowest BCUT2D eigenvalue weighted by atomic mass is 10.2. The van der Waals surface area contributed by atoms with Crippen molar-refractivity contribution in [3.8, 4) is 16.5 Å². The molecule has 1 aliphatic carbocycles. The van der Waals surface area contributed by atoms with E-state index in [1.54, 1.807) is 18.4 Å². The molecule has 3 aromatic rings. The molecular formula is C16H17N3OS. The van der Waals surface area contributed by atoms with E-state index in [1.165, 1.54) is 18.4 Å². The highest BCUT2D eigenvalue weighted by molar-refractivity contribution is 7.14. The molecule has 2 heterocycles. The molecular weight excluding hydrogens is 282 g/mol.